The van der Waals surface area contributed by atoms with Gasteiger partial charge in [0.15, 0.2) is 17.5 Å². The van der Waals surface area contributed by atoms with Gasteiger partial charge in [-0.25, -0.2) is 15.0 Å². The second kappa shape index (κ2) is 14.2. The molecule has 0 aliphatic rings. The van der Waals surface area contributed by atoms with Crippen LogP contribution in [0.15, 0.2) is 211 Å². The summed E-state index contributed by atoms with van der Waals surface area (Å²) in [5.41, 5.74) is 8.39. The lowest BCUT2D eigenvalue weighted by atomic mass is 9.92. The standard InChI is InChI=1S/C57H34N4OS/c1-3-16-35(17-4-1)55-58-56(36-18-5-2-6-19-36)60-57(59-55)45-32-31-38(52-44-23-9-13-28-50(44)62-53(45)52)37-30-33-49(61-47-26-11-7-20-39(47)40-21-8-12-27-48(40)61)46(34-37)43-25-15-24-42-41-22-10-14-29-51(41)63-54(42)43/h1-34H/i7D,8D,20D,21D,26D,27D. The smallest absolute Gasteiger partial charge is 0.167 e. The third kappa shape index (κ3) is 5.66. The molecule has 13 rings (SSSR count). The number of aromatic nitrogens is 4. The Kier molecular flexibility index (Phi) is 6.75. The minimum absolute atomic E-state index is 0.0195. The molecule has 6 heteroatoms. The lowest BCUT2D eigenvalue weighted by Gasteiger charge is -2.17. The molecular weight excluding hydrogens is 789 g/mol. The SMILES string of the molecule is [2H]c1cc([2H])c2c(c1[2H])c1c([2H])c([2H])cc([2H])c1n2-c1ccc(-c2ccc(-c3nc(-c4ccccc4)nc(-c4ccccc4)n3)c3oc4ccccc4c23)cc1-c1cccc2c1sc1ccccc12. The van der Waals surface area contributed by atoms with Crippen LogP contribution in [-0.2, 0) is 0 Å². The van der Waals surface area contributed by atoms with Gasteiger partial charge < -0.3 is 8.98 Å². The summed E-state index contributed by atoms with van der Waals surface area (Å²) >= 11 is 1.69. The molecule has 0 saturated carbocycles. The van der Waals surface area contributed by atoms with Crippen LogP contribution in [0.1, 0.15) is 8.22 Å². The van der Waals surface area contributed by atoms with Crippen LogP contribution in [0.5, 0.6) is 0 Å². The largest absolute Gasteiger partial charge is 0.455 e. The van der Waals surface area contributed by atoms with E-state index in [2.05, 4.69) is 42.5 Å². The first kappa shape index (κ1) is 29.9. The average molecular weight is 829 g/mol. The van der Waals surface area contributed by atoms with Crippen molar-refractivity contribution in [3.05, 3.63) is 206 Å². The molecule has 63 heavy (non-hydrogen) atoms. The number of para-hydroxylation sites is 3. The van der Waals surface area contributed by atoms with Gasteiger partial charge in [-0.3, -0.25) is 0 Å². The Morgan fingerprint density at radius 2 is 1.06 bits per heavy atom. The zero-order chi connectivity index (χ0) is 46.7. The topological polar surface area (TPSA) is 56.7 Å². The van der Waals surface area contributed by atoms with Gasteiger partial charge in [-0.1, -0.05) is 164 Å². The maximum atomic E-state index is 9.32. The first-order valence-electron chi connectivity index (χ1n) is 23.6. The maximum Gasteiger partial charge on any atom is 0.167 e. The fraction of sp³-hybridized carbons (Fsp3) is 0. The van der Waals surface area contributed by atoms with Gasteiger partial charge in [-0.15, -0.1) is 11.3 Å². The molecule has 5 nitrogen and oxygen atoms in total. The number of hydrogen-bond donors (Lipinski definition) is 0. The summed E-state index contributed by atoms with van der Waals surface area (Å²) in [5, 5.41) is 4.40. The maximum absolute atomic E-state index is 9.32. The average Bonchev–Trinajstić information content (AvgIpc) is 4.09. The molecule has 0 fully saturated rings. The predicted octanol–water partition coefficient (Wildman–Crippen LogP) is 15.6. The van der Waals surface area contributed by atoms with E-state index in [0.717, 1.165) is 64.3 Å². The van der Waals surface area contributed by atoms with Gasteiger partial charge in [-0.2, -0.15) is 0 Å². The van der Waals surface area contributed by atoms with Gasteiger partial charge in [0.2, 0.25) is 0 Å². The lowest BCUT2D eigenvalue weighted by Crippen LogP contribution is -2.00. The first-order valence-corrected chi connectivity index (χ1v) is 21.4. The zero-order valence-corrected chi connectivity index (χ0v) is 34.1. The van der Waals surface area contributed by atoms with Crippen molar-refractivity contribution >= 4 is 75.3 Å². The normalized spacial score (nSPS) is 13.1. The van der Waals surface area contributed by atoms with Gasteiger partial charge in [0.25, 0.3) is 0 Å². The molecule has 0 N–H and O–H groups in total. The van der Waals surface area contributed by atoms with Crippen molar-refractivity contribution in [2.75, 3.05) is 0 Å². The van der Waals surface area contributed by atoms with E-state index in [-0.39, 0.29) is 47.0 Å². The molecule has 0 radical (unpaired) electrons. The van der Waals surface area contributed by atoms with Crippen LogP contribution in [0, 0.1) is 0 Å². The molecule has 294 valence electrons. The van der Waals surface area contributed by atoms with Crippen molar-refractivity contribution in [1.82, 2.24) is 19.5 Å². The highest BCUT2D eigenvalue weighted by molar-refractivity contribution is 7.26. The molecule has 0 bridgehead atoms. The highest BCUT2D eigenvalue weighted by atomic mass is 32.1. The Hall–Kier alpha value is -8.19. The third-order valence-electron chi connectivity index (χ3n) is 11.8. The van der Waals surface area contributed by atoms with Gasteiger partial charge in [0, 0.05) is 64.0 Å². The second-order valence-electron chi connectivity index (χ2n) is 15.4. The van der Waals surface area contributed by atoms with Crippen molar-refractivity contribution in [3.63, 3.8) is 0 Å². The van der Waals surface area contributed by atoms with Gasteiger partial charge >= 0.3 is 0 Å². The molecule has 0 spiro atoms. The lowest BCUT2D eigenvalue weighted by molar-refractivity contribution is 0.669. The summed E-state index contributed by atoms with van der Waals surface area (Å²) in [7, 11) is 0. The summed E-state index contributed by atoms with van der Waals surface area (Å²) < 4.78 is 65.0. The fourth-order valence-electron chi connectivity index (χ4n) is 9.00. The Balaban J connectivity index is 1.11. The Labute approximate surface area is 374 Å². The van der Waals surface area contributed by atoms with E-state index >= 15 is 0 Å². The van der Waals surface area contributed by atoms with Gasteiger partial charge in [0.1, 0.15) is 11.2 Å². The Morgan fingerprint density at radius 1 is 0.444 bits per heavy atom. The van der Waals surface area contributed by atoms with E-state index in [0.29, 0.717) is 50.9 Å². The molecule has 13 aromatic rings. The fourth-order valence-corrected chi connectivity index (χ4v) is 10.2. The molecule has 0 atom stereocenters. The van der Waals surface area contributed by atoms with Crippen LogP contribution in [0.3, 0.4) is 0 Å². The third-order valence-corrected chi connectivity index (χ3v) is 13.1. The number of nitrogens with zero attached hydrogens (tertiary/aromatic N) is 4. The predicted molar refractivity (Wildman–Crippen MR) is 262 cm³/mol. The number of thiophene rings is 1. The monoisotopic (exact) mass is 828 g/mol. The molecule has 0 unspecified atom stereocenters. The van der Waals surface area contributed by atoms with Crippen molar-refractivity contribution in [2.45, 2.75) is 0 Å². The number of rotatable bonds is 6. The summed E-state index contributed by atoms with van der Waals surface area (Å²) in [5.74, 6) is 1.53. The summed E-state index contributed by atoms with van der Waals surface area (Å²) in [6.45, 7) is 0. The van der Waals surface area contributed by atoms with E-state index in [9.17, 15) is 2.74 Å². The number of hydrogen-bond acceptors (Lipinski definition) is 5. The van der Waals surface area contributed by atoms with Crippen LogP contribution in [0.4, 0.5) is 0 Å². The molecule has 9 aromatic carbocycles. The van der Waals surface area contributed by atoms with E-state index < -0.39 is 0 Å². The minimum atomic E-state index is -0.164. The van der Waals surface area contributed by atoms with E-state index in [1.54, 1.807) is 15.9 Å². The Morgan fingerprint density at radius 3 is 1.79 bits per heavy atom. The molecular formula is C57H34N4OS. The van der Waals surface area contributed by atoms with E-state index in [4.69, 9.17) is 24.9 Å². The van der Waals surface area contributed by atoms with Crippen LogP contribution in [0.25, 0.3) is 126 Å². The zero-order valence-electron chi connectivity index (χ0n) is 39.3. The highest BCUT2D eigenvalue weighted by Crippen LogP contribution is 2.47. The summed E-state index contributed by atoms with van der Waals surface area (Å²) in [6.07, 6.45) is 0. The van der Waals surface area contributed by atoms with E-state index in [1.165, 1.54) is 12.1 Å². The molecule has 0 amide bonds. The van der Waals surface area contributed by atoms with Crippen molar-refractivity contribution in [1.29, 1.82) is 0 Å². The number of furan rings is 1. The molecule has 0 aliphatic carbocycles. The summed E-state index contributed by atoms with van der Waals surface area (Å²) in [4.78, 5) is 15.1. The minimum Gasteiger partial charge on any atom is -0.455 e. The second-order valence-corrected chi connectivity index (χ2v) is 16.5. The molecule has 4 aromatic heterocycles. The van der Waals surface area contributed by atoms with Gasteiger partial charge in [-0.05, 0) is 53.5 Å². The van der Waals surface area contributed by atoms with Crippen molar-refractivity contribution in [3.8, 4) is 62.1 Å². The van der Waals surface area contributed by atoms with Crippen LogP contribution in [0.2, 0.25) is 0 Å². The van der Waals surface area contributed by atoms with Crippen LogP contribution in [-0.4, -0.2) is 19.5 Å². The quantitative estimate of drug-likeness (QED) is 0.168. The summed E-state index contributed by atoms with van der Waals surface area (Å²) in [6, 6.07) is 54.5. The number of fused-ring (bicyclic) bond motifs is 9. The van der Waals surface area contributed by atoms with Crippen molar-refractivity contribution in [2.24, 2.45) is 0 Å². The molecule has 0 saturated heterocycles. The number of benzene rings is 9. The Bertz CT molecular complexity index is 4150. The molecule has 0 aliphatic heterocycles. The molecule has 4 heterocycles. The first-order chi connectivity index (χ1) is 33.7. The van der Waals surface area contributed by atoms with Gasteiger partial charge in [0.05, 0.1) is 30.5 Å². The van der Waals surface area contributed by atoms with Crippen LogP contribution >= 0.6 is 11.3 Å². The highest BCUT2D eigenvalue weighted by Gasteiger charge is 2.23. The van der Waals surface area contributed by atoms with E-state index in [1.807, 2.05) is 115 Å². The van der Waals surface area contributed by atoms with Crippen molar-refractivity contribution < 1.29 is 12.6 Å². The van der Waals surface area contributed by atoms with Crippen LogP contribution < -0.4 is 0 Å².